The van der Waals surface area contributed by atoms with Crippen LogP contribution in [0.25, 0.3) is 0 Å². The van der Waals surface area contributed by atoms with E-state index < -0.39 is 6.10 Å². The van der Waals surface area contributed by atoms with E-state index in [0.29, 0.717) is 17.1 Å². The summed E-state index contributed by atoms with van der Waals surface area (Å²) < 4.78 is 0. The first-order valence-electron chi connectivity index (χ1n) is 4.67. The highest BCUT2D eigenvalue weighted by molar-refractivity contribution is 6.32. The molecule has 2 N–H and O–H groups in total. The third kappa shape index (κ3) is 2.85. The Morgan fingerprint density at radius 1 is 1.60 bits per heavy atom. The molecular formula is C11H13ClN2O. The van der Waals surface area contributed by atoms with Crippen molar-refractivity contribution >= 4 is 17.3 Å². The van der Waals surface area contributed by atoms with Crippen LogP contribution < -0.4 is 5.32 Å². The van der Waals surface area contributed by atoms with Gasteiger partial charge >= 0.3 is 0 Å². The van der Waals surface area contributed by atoms with Crippen LogP contribution in [0.4, 0.5) is 5.69 Å². The molecule has 0 heterocycles. The standard InChI is InChI=1S/C11H13ClN2O/c1-7(15)6-14-10-4-3-9(5-13)11(12)8(10)2/h3-4,7,14-15H,6H2,1-2H3. The SMILES string of the molecule is Cc1c(NCC(C)O)ccc(C#N)c1Cl. The summed E-state index contributed by atoms with van der Waals surface area (Å²) in [7, 11) is 0. The molecule has 0 aliphatic carbocycles. The number of halogens is 1. The molecule has 0 saturated carbocycles. The van der Waals surface area contributed by atoms with Gasteiger partial charge in [0.15, 0.2) is 0 Å². The van der Waals surface area contributed by atoms with Crippen molar-refractivity contribution in [1.82, 2.24) is 0 Å². The van der Waals surface area contributed by atoms with Crippen molar-refractivity contribution in [2.45, 2.75) is 20.0 Å². The normalized spacial score (nSPS) is 11.9. The van der Waals surface area contributed by atoms with Crippen LogP contribution in [-0.4, -0.2) is 17.8 Å². The fourth-order valence-corrected chi connectivity index (χ4v) is 1.43. The minimum absolute atomic E-state index is 0.418. The summed E-state index contributed by atoms with van der Waals surface area (Å²) in [5.74, 6) is 0. The van der Waals surface area contributed by atoms with Crippen LogP contribution in [0.1, 0.15) is 18.1 Å². The maximum absolute atomic E-state index is 9.13. The quantitative estimate of drug-likeness (QED) is 0.829. The lowest BCUT2D eigenvalue weighted by atomic mass is 10.1. The second-order valence-corrected chi connectivity index (χ2v) is 3.82. The summed E-state index contributed by atoms with van der Waals surface area (Å²) >= 11 is 5.99. The molecular weight excluding hydrogens is 212 g/mol. The fraction of sp³-hybridized carbons (Fsp3) is 0.364. The van der Waals surface area contributed by atoms with Gasteiger partial charge in [-0.3, -0.25) is 0 Å². The van der Waals surface area contributed by atoms with Crippen molar-refractivity contribution in [2.75, 3.05) is 11.9 Å². The molecule has 0 amide bonds. The number of anilines is 1. The molecule has 1 aromatic rings. The second kappa shape index (κ2) is 5.01. The first-order valence-corrected chi connectivity index (χ1v) is 5.05. The molecule has 0 aliphatic heterocycles. The third-order valence-electron chi connectivity index (χ3n) is 2.09. The molecule has 1 unspecified atom stereocenters. The number of hydrogen-bond donors (Lipinski definition) is 2. The molecule has 0 saturated heterocycles. The maximum atomic E-state index is 9.13. The minimum atomic E-state index is -0.418. The molecule has 15 heavy (non-hydrogen) atoms. The van der Waals surface area contributed by atoms with Gasteiger partial charge in [0.1, 0.15) is 6.07 Å². The highest BCUT2D eigenvalue weighted by Gasteiger charge is 2.07. The van der Waals surface area contributed by atoms with Crippen LogP contribution in [0.2, 0.25) is 5.02 Å². The average Bonchev–Trinajstić information content (AvgIpc) is 2.20. The minimum Gasteiger partial charge on any atom is -0.392 e. The average molecular weight is 225 g/mol. The Morgan fingerprint density at radius 3 is 2.80 bits per heavy atom. The number of hydrogen-bond acceptors (Lipinski definition) is 3. The lowest BCUT2D eigenvalue weighted by molar-refractivity contribution is 0.208. The Balaban J connectivity index is 2.93. The zero-order valence-corrected chi connectivity index (χ0v) is 9.47. The second-order valence-electron chi connectivity index (χ2n) is 3.44. The Hall–Kier alpha value is -1.24. The molecule has 0 aliphatic rings. The van der Waals surface area contributed by atoms with Gasteiger partial charge < -0.3 is 10.4 Å². The predicted molar refractivity (Wildman–Crippen MR) is 61.1 cm³/mol. The van der Waals surface area contributed by atoms with Gasteiger partial charge in [0, 0.05) is 12.2 Å². The zero-order valence-electron chi connectivity index (χ0n) is 8.71. The summed E-state index contributed by atoms with van der Waals surface area (Å²) in [5, 5.41) is 21.4. The summed E-state index contributed by atoms with van der Waals surface area (Å²) in [6, 6.07) is 5.48. The van der Waals surface area contributed by atoms with Gasteiger partial charge in [0.05, 0.1) is 16.7 Å². The monoisotopic (exact) mass is 224 g/mol. The number of rotatable bonds is 3. The Labute approximate surface area is 94.3 Å². The van der Waals surface area contributed by atoms with E-state index >= 15 is 0 Å². The molecule has 0 bridgehead atoms. The van der Waals surface area contributed by atoms with E-state index in [4.69, 9.17) is 22.0 Å². The lowest BCUT2D eigenvalue weighted by Gasteiger charge is -2.12. The molecule has 0 fully saturated rings. The molecule has 0 spiro atoms. The van der Waals surface area contributed by atoms with Gasteiger partial charge in [-0.1, -0.05) is 11.6 Å². The first-order chi connectivity index (χ1) is 7.06. The van der Waals surface area contributed by atoms with Crippen LogP contribution in [0.3, 0.4) is 0 Å². The van der Waals surface area contributed by atoms with Crippen molar-refractivity contribution < 1.29 is 5.11 Å². The van der Waals surface area contributed by atoms with Gasteiger partial charge in [0.25, 0.3) is 0 Å². The van der Waals surface area contributed by atoms with E-state index in [-0.39, 0.29) is 0 Å². The molecule has 1 aromatic carbocycles. The van der Waals surface area contributed by atoms with Crippen molar-refractivity contribution in [2.24, 2.45) is 0 Å². The van der Waals surface area contributed by atoms with Crippen LogP contribution in [0.5, 0.6) is 0 Å². The zero-order chi connectivity index (χ0) is 11.4. The number of nitriles is 1. The van der Waals surface area contributed by atoms with Gasteiger partial charge in [-0.2, -0.15) is 5.26 Å². The summed E-state index contributed by atoms with van der Waals surface area (Å²) in [6.07, 6.45) is -0.418. The maximum Gasteiger partial charge on any atom is 0.101 e. The van der Waals surface area contributed by atoms with E-state index in [2.05, 4.69) is 5.32 Å². The first kappa shape index (κ1) is 11.8. The van der Waals surface area contributed by atoms with Gasteiger partial charge in [-0.25, -0.2) is 0 Å². The Bertz CT molecular complexity index is 396. The number of aliphatic hydroxyl groups is 1. The molecule has 1 atom stereocenters. The number of nitrogens with one attached hydrogen (secondary N) is 1. The van der Waals surface area contributed by atoms with Crippen molar-refractivity contribution in [1.29, 1.82) is 5.26 Å². The molecule has 80 valence electrons. The molecule has 3 nitrogen and oxygen atoms in total. The van der Waals surface area contributed by atoms with Crippen LogP contribution in [0, 0.1) is 18.3 Å². The van der Waals surface area contributed by atoms with Crippen LogP contribution in [0.15, 0.2) is 12.1 Å². The highest BCUT2D eigenvalue weighted by atomic mass is 35.5. The molecule has 0 aromatic heterocycles. The molecule has 4 heteroatoms. The van der Waals surface area contributed by atoms with E-state index in [0.717, 1.165) is 11.3 Å². The third-order valence-corrected chi connectivity index (χ3v) is 2.58. The smallest absolute Gasteiger partial charge is 0.101 e. The predicted octanol–water partition coefficient (Wildman–Crippen LogP) is 2.31. The van der Waals surface area contributed by atoms with Gasteiger partial charge in [-0.15, -0.1) is 0 Å². The summed E-state index contributed by atoms with van der Waals surface area (Å²) in [4.78, 5) is 0. The van der Waals surface area contributed by atoms with E-state index in [9.17, 15) is 0 Å². The summed E-state index contributed by atoms with van der Waals surface area (Å²) in [5.41, 5.74) is 2.15. The van der Waals surface area contributed by atoms with E-state index in [1.54, 1.807) is 19.1 Å². The largest absolute Gasteiger partial charge is 0.392 e. The molecule has 1 rings (SSSR count). The highest BCUT2D eigenvalue weighted by Crippen LogP contribution is 2.26. The van der Waals surface area contributed by atoms with E-state index in [1.807, 2.05) is 13.0 Å². The Kier molecular flexibility index (Phi) is 3.96. The number of aliphatic hydroxyl groups excluding tert-OH is 1. The van der Waals surface area contributed by atoms with E-state index in [1.165, 1.54) is 0 Å². The summed E-state index contributed by atoms with van der Waals surface area (Å²) in [6.45, 7) is 4.00. The van der Waals surface area contributed by atoms with Gasteiger partial charge in [-0.05, 0) is 31.5 Å². The van der Waals surface area contributed by atoms with Crippen molar-refractivity contribution in [3.8, 4) is 6.07 Å². The number of benzene rings is 1. The van der Waals surface area contributed by atoms with Crippen LogP contribution in [-0.2, 0) is 0 Å². The lowest BCUT2D eigenvalue weighted by Crippen LogP contribution is -2.15. The molecule has 0 radical (unpaired) electrons. The van der Waals surface area contributed by atoms with Crippen molar-refractivity contribution in [3.63, 3.8) is 0 Å². The Morgan fingerprint density at radius 2 is 2.27 bits per heavy atom. The van der Waals surface area contributed by atoms with Gasteiger partial charge in [0.2, 0.25) is 0 Å². The fourth-order valence-electron chi connectivity index (χ4n) is 1.22. The van der Waals surface area contributed by atoms with Crippen LogP contribution >= 0.6 is 11.6 Å². The number of nitrogens with zero attached hydrogens (tertiary/aromatic N) is 1. The van der Waals surface area contributed by atoms with Crippen molar-refractivity contribution in [3.05, 3.63) is 28.3 Å². The topological polar surface area (TPSA) is 56.0 Å².